The van der Waals surface area contributed by atoms with Crippen molar-refractivity contribution in [2.45, 2.75) is 20.3 Å². The Hall–Kier alpha value is -3.08. The predicted octanol–water partition coefficient (Wildman–Crippen LogP) is 3.82. The van der Waals surface area contributed by atoms with E-state index in [1.807, 2.05) is 18.2 Å². The fraction of sp³-hybridized carbons (Fsp3) is 0.273. The van der Waals surface area contributed by atoms with Gasteiger partial charge in [0.1, 0.15) is 11.3 Å². The highest BCUT2D eigenvalue weighted by atomic mass is 16.6. The van der Waals surface area contributed by atoms with Crippen LogP contribution in [0, 0.1) is 0 Å². The van der Waals surface area contributed by atoms with Gasteiger partial charge in [0, 0.05) is 6.42 Å². The van der Waals surface area contributed by atoms with E-state index in [9.17, 15) is 9.59 Å². The third-order valence-electron chi connectivity index (χ3n) is 3.68. The quantitative estimate of drug-likeness (QED) is 0.291. The van der Waals surface area contributed by atoms with Crippen molar-refractivity contribution in [2.75, 3.05) is 19.8 Å². The van der Waals surface area contributed by atoms with E-state index in [0.717, 1.165) is 12.2 Å². The Morgan fingerprint density at radius 1 is 0.852 bits per heavy atom. The van der Waals surface area contributed by atoms with Crippen molar-refractivity contribution in [1.82, 2.24) is 0 Å². The summed E-state index contributed by atoms with van der Waals surface area (Å²) in [4.78, 5) is 24.0. The molecule has 27 heavy (non-hydrogen) atoms. The molecule has 0 amide bonds. The minimum Gasteiger partial charge on any atom is -0.493 e. The van der Waals surface area contributed by atoms with Crippen molar-refractivity contribution in [3.63, 3.8) is 0 Å². The number of benzene rings is 2. The standard InChI is InChI=1S/C22H24O5/c1-3-25-21(23)20(22(24)26-4-2)16-18-10-12-19(13-11-18)27-15-14-17-8-6-5-7-9-17/h5-13,16H,3-4,14-15H2,1-2H3. The third-order valence-corrected chi connectivity index (χ3v) is 3.68. The molecule has 0 radical (unpaired) electrons. The summed E-state index contributed by atoms with van der Waals surface area (Å²) in [6, 6.07) is 17.2. The maximum absolute atomic E-state index is 12.0. The van der Waals surface area contributed by atoms with Crippen molar-refractivity contribution in [3.8, 4) is 5.75 Å². The van der Waals surface area contributed by atoms with Crippen LogP contribution in [0.15, 0.2) is 60.2 Å². The molecular formula is C22H24O5. The number of hydrogen-bond donors (Lipinski definition) is 0. The van der Waals surface area contributed by atoms with Crippen LogP contribution in [0.5, 0.6) is 5.75 Å². The smallest absolute Gasteiger partial charge is 0.345 e. The Labute approximate surface area is 159 Å². The lowest BCUT2D eigenvalue weighted by atomic mass is 10.1. The van der Waals surface area contributed by atoms with E-state index in [1.165, 1.54) is 11.6 Å². The summed E-state index contributed by atoms with van der Waals surface area (Å²) in [6.45, 7) is 4.30. The predicted molar refractivity (Wildman–Crippen MR) is 103 cm³/mol. The molecular weight excluding hydrogens is 344 g/mol. The molecule has 0 unspecified atom stereocenters. The van der Waals surface area contributed by atoms with Gasteiger partial charge in [0.05, 0.1) is 19.8 Å². The third kappa shape index (κ3) is 6.62. The number of hydrogen-bond acceptors (Lipinski definition) is 5. The van der Waals surface area contributed by atoms with E-state index in [4.69, 9.17) is 14.2 Å². The van der Waals surface area contributed by atoms with Crippen LogP contribution in [-0.2, 0) is 25.5 Å². The molecule has 0 aliphatic heterocycles. The highest BCUT2D eigenvalue weighted by molar-refractivity contribution is 6.17. The van der Waals surface area contributed by atoms with E-state index in [-0.39, 0.29) is 18.8 Å². The maximum atomic E-state index is 12.0. The monoisotopic (exact) mass is 368 g/mol. The Morgan fingerprint density at radius 3 is 2.00 bits per heavy atom. The molecule has 0 N–H and O–H groups in total. The first kappa shape index (κ1) is 20.2. The van der Waals surface area contributed by atoms with Gasteiger partial charge in [0.2, 0.25) is 0 Å². The fourth-order valence-electron chi connectivity index (χ4n) is 2.38. The lowest BCUT2D eigenvalue weighted by Crippen LogP contribution is -2.18. The molecule has 0 aliphatic carbocycles. The van der Waals surface area contributed by atoms with Crippen LogP contribution in [0.25, 0.3) is 6.08 Å². The Morgan fingerprint density at radius 2 is 1.44 bits per heavy atom. The normalized spacial score (nSPS) is 10.0. The molecule has 142 valence electrons. The van der Waals surface area contributed by atoms with Crippen molar-refractivity contribution in [1.29, 1.82) is 0 Å². The van der Waals surface area contributed by atoms with E-state index in [1.54, 1.807) is 38.1 Å². The van der Waals surface area contributed by atoms with Gasteiger partial charge in [-0.15, -0.1) is 0 Å². The van der Waals surface area contributed by atoms with Gasteiger partial charge < -0.3 is 14.2 Å². The molecule has 2 aromatic rings. The second-order valence-electron chi connectivity index (χ2n) is 5.65. The lowest BCUT2D eigenvalue weighted by Gasteiger charge is -2.08. The molecule has 0 aliphatic rings. The van der Waals surface area contributed by atoms with Crippen LogP contribution >= 0.6 is 0 Å². The Kier molecular flexibility index (Phi) is 8.10. The van der Waals surface area contributed by atoms with Gasteiger partial charge in [-0.2, -0.15) is 0 Å². The first-order chi connectivity index (χ1) is 13.1. The number of esters is 2. The molecule has 0 heterocycles. The molecule has 5 nitrogen and oxygen atoms in total. The summed E-state index contributed by atoms with van der Waals surface area (Å²) in [5, 5.41) is 0. The highest BCUT2D eigenvalue weighted by Crippen LogP contribution is 2.16. The van der Waals surface area contributed by atoms with E-state index >= 15 is 0 Å². The van der Waals surface area contributed by atoms with E-state index < -0.39 is 11.9 Å². The summed E-state index contributed by atoms with van der Waals surface area (Å²) >= 11 is 0. The number of carbonyl (C=O) groups is 2. The van der Waals surface area contributed by atoms with Crippen LogP contribution in [0.4, 0.5) is 0 Å². The van der Waals surface area contributed by atoms with Crippen LogP contribution < -0.4 is 4.74 Å². The van der Waals surface area contributed by atoms with Crippen LogP contribution in [-0.4, -0.2) is 31.8 Å². The van der Waals surface area contributed by atoms with Crippen molar-refractivity contribution >= 4 is 18.0 Å². The molecule has 0 bridgehead atoms. The van der Waals surface area contributed by atoms with Crippen LogP contribution in [0.2, 0.25) is 0 Å². The summed E-state index contributed by atoms with van der Waals surface area (Å²) in [7, 11) is 0. The largest absolute Gasteiger partial charge is 0.493 e. The van der Waals surface area contributed by atoms with Gasteiger partial charge in [-0.05, 0) is 43.2 Å². The average molecular weight is 368 g/mol. The molecule has 0 saturated carbocycles. The fourth-order valence-corrected chi connectivity index (χ4v) is 2.38. The molecule has 2 rings (SSSR count). The summed E-state index contributed by atoms with van der Waals surface area (Å²) < 4.78 is 15.6. The topological polar surface area (TPSA) is 61.8 Å². The zero-order valence-electron chi connectivity index (χ0n) is 15.6. The molecule has 0 spiro atoms. The van der Waals surface area contributed by atoms with E-state index in [0.29, 0.717) is 12.2 Å². The van der Waals surface area contributed by atoms with Crippen molar-refractivity contribution < 1.29 is 23.8 Å². The van der Waals surface area contributed by atoms with Gasteiger partial charge in [0.25, 0.3) is 0 Å². The molecule has 0 saturated heterocycles. The molecule has 5 heteroatoms. The van der Waals surface area contributed by atoms with Gasteiger partial charge in [-0.25, -0.2) is 9.59 Å². The maximum Gasteiger partial charge on any atom is 0.345 e. The molecule has 0 aromatic heterocycles. The van der Waals surface area contributed by atoms with Crippen LogP contribution in [0.3, 0.4) is 0 Å². The number of rotatable bonds is 9. The van der Waals surface area contributed by atoms with Gasteiger partial charge in [-0.3, -0.25) is 0 Å². The zero-order chi connectivity index (χ0) is 19.5. The Balaban J connectivity index is 2.01. The number of carbonyl (C=O) groups excluding carboxylic acids is 2. The van der Waals surface area contributed by atoms with Crippen LogP contribution in [0.1, 0.15) is 25.0 Å². The highest BCUT2D eigenvalue weighted by Gasteiger charge is 2.20. The van der Waals surface area contributed by atoms with Gasteiger partial charge in [-0.1, -0.05) is 42.5 Å². The Bertz CT molecular complexity index is 743. The lowest BCUT2D eigenvalue weighted by molar-refractivity contribution is -0.146. The summed E-state index contributed by atoms with van der Waals surface area (Å²) in [6.07, 6.45) is 2.28. The van der Waals surface area contributed by atoms with Gasteiger partial charge in [0.15, 0.2) is 0 Å². The first-order valence-corrected chi connectivity index (χ1v) is 8.96. The van der Waals surface area contributed by atoms with Gasteiger partial charge >= 0.3 is 11.9 Å². The summed E-state index contributed by atoms with van der Waals surface area (Å²) in [5.74, 6) is -0.671. The minimum absolute atomic E-state index is 0.128. The average Bonchev–Trinajstić information content (AvgIpc) is 2.68. The van der Waals surface area contributed by atoms with E-state index in [2.05, 4.69) is 12.1 Å². The zero-order valence-corrected chi connectivity index (χ0v) is 15.6. The van der Waals surface area contributed by atoms with Crippen molar-refractivity contribution in [2.24, 2.45) is 0 Å². The minimum atomic E-state index is -0.695. The molecule has 0 fully saturated rings. The molecule has 0 atom stereocenters. The number of ether oxygens (including phenoxy) is 3. The summed E-state index contributed by atoms with van der Waals surface area (Å²) in [5.41, 5.74) is 1.77. The SMILES string of the molecule is CCOC(=O)C(=Cc1ccc(OCCc2ccccc2)cc1)C(=O)OCC. The van der Waals surface area contributed by atoms with Crippen molar-refractivity contribution in [3.05, 3.63) is 71.3 Å². The first-order valence-electron chi connectivity index (χ1n) is 8.96. The second-order valence-corrected chi connectivity index (χ2v) is 5.65. The second kappa shape index (κ2) is 10.8. The molecule has 2 aromatic carbocycles.